The molecule has 0 fully saturated rings. The second-order valence-electron chi connectivity index (χ2n) is 14.1. The molecule has 0 spiro atoms. The van der Waals surface area contributed by atoms with Crippen molar-refractivity contribution in [3.63, 3.8) is 0 Å². The highest BCUT2D eigenvalue weighted by atomic mass is 32.1. The Kier molecular flexibility index (Phi) is 11.5. The van der Waals surface area contributed by atoms with Crippen molar-refractivity contribution >= 4 is 149 Å². The van der Waals surface area contributed by atoms with Gasteiger partial charge in [-0.1, -0.05) is 117 Å². The normalized spacial score (nSPS) is 12.7. The fraction of sp³-hybridized carbons (Fsp3) is 0.550. The lowest BCUT2D eigenvalue weighted by atomic mass is 10.1. The number of nitrogens with zero attached hydrogens (tertiary/aromatic N) is 2. The molecule has 0 saturated heterocycles. The van der Waals surface area contributed by atoms with Crippen molar-refractivity contribution in [2.45, 2.75) is 142 Å². The van der Waals surface area contributed by atoms with Gasteiger partial charge in [-0.3, -0.25) is 0 Å². The molecule has 49 heavy (non-hydrogen) atoms. The van der Waals surface area contributed by atoms with E-state index < -0.39 is 0 Å². The van der Waals surface area contributed by atoms with Crippen LogP contribution in [0, 0.1) is 0 Å². The van der Waals surface area contributed by atoms with Crippen LogP contribution in [0.1, 0.15) is 141 Å². The first-order chi connectivity index (χ1) is 24.3. The summed E-state index contributed by atoms with van der Waals surface area (Å²) in [5.74, 6) is 0. The van der Waals surface area contributed by atoms with Crippen molar-refractivity contribution in [1.82, 2.24) is 8.75 Å². The van der Waals surface area contributed by atoms with E-state index in [9.17, 15) is 0 Å². The molecule has 7 aromatic heterocycles. The van der Waals surface area contributed by atoms with E-state index in [1.807, 2.05) is 68.0 Å². The second-order valence-corrected chi connectivity index (χ2v) is 20.5. The first kappa shape index (κ1) is 34.9. The Labute approximate surface area is 318 Å². The first-order valence-corrected chi connectivity index (χ1v) is 24.8. The van der Waals surface area contributed by atoms with Gasteiger partial charge in [-0.2, -0.15) is 8.75 Å². The summed E-state index contributed by atoms with van der Waals surface area (Å²) in [5.41, 5.74) is 5.43. The largest absolute Gasteiger partial charge is 0.172 e. The molecular weight excluding hydrogens is 733 g/mol. The lowest BCUT2D eigenvalue weighted by Crippen LogP contribution is -1.84. The van der Waals surface area contributed by atoms with Crippen LogP contribution >= 0.6 is 79.7 Å². The minimum absolute atomic E-state index is 1.14. The van der Waals surface area contributed by atoms with Gasteiger partial charge in [0.25, 0.3) is 0 Å². The van der Waals surface area contributed by atoms with Crippen LogP contribution in [0.4, 0.5) is 0 Å². The summed E-state index contributed by atoms with van der Waals surface area (Å²) in [5, 5.41) is 7.68. The minimum atomic E-state index is 1.14. The van der Waals surface area contributed by atoms with Gasteiger partial charge < -0.3 is 0 Å². The monoisotopic (exact) mass is 780 g/mol. The molecule has 0 amide bonds. The van der Waals surface area contributed by atoms with Crippen molar-refractivity contribution in [3.8, 4) is 0 Å². The molecule has 1 aromatic carbocycles. The van der Waals surface area contributed by atoms with E-state index in [0.29, 0.717) is 0 Å². The SMILES string of the molecule is CCCCCCCCCCCc1csc2c1sc1c2sc2c3sc4c5scc(CCCCCCCCCCC)c5sc4c3c3nsnc3c12. The molecule has 0 radical (unpaired) electrons. The van der Waals surface area contributed by atoms with Crippen LogP contribution in [-0.4, -0.2) is 8.75 Å². The van der Waals surface area contributed by atoms with Gasteiger partial charge in [-0.15, -0.1) is 68.0 Å². The van der Waals surface area contributed by atoms with Crippen LogP contribution in [0.25, 0.3) is 68.8 Å². The minimum Gasteiger partial charge on any atom is -0.172 e. The lowest BCUT2D eigenvalue weighted by molar-refractivity contribution is 0.565. The molecule has 0 aliphatic carbocycles. The van der Waals surface area contributed by atoms with E-state index >= 15 is 0 Å². The molecule has 260 valence electrons. The van der Waals surface area contributed by atoms with Crippen LogP contribution in [0.15, 0.2) is 10.8 Å². The molecule has 0 N–H and O–H groups in total. The quantitative estimate of drug-likeness (QED) is 0.0720. The average molecular weight is 781 g/mol. The molecule has 0 saturated carbocycles. The molecule has 7 heterocycles. The third-order valence-electron chi connectivity index (χ3n) is 10.5. The van der Waals surface area contributed by atoms with Gasteiger partial charge in [0.05, 0.1) is 58.7 Å². The summed E-state index contributed by atoms with van der Waals surface area (Å²) in [7, 11) is 0. The Balaban J connectivity index is 1.02. The third kappa shape index (κ3) is 6.89. The number of hydrogen-bond donors (Lipinski definition) is 0. The lowest BCUT2D eigenvalue weighted by Gasteiger charge is -2.02. The van der Waals surface area contributed by atoms with Crippen LogP contribution < -0.4 is 0 Å². The Morgan fingerprint density at radius 2 is 0.735 bits per heavy atom. The van der Waals surface area contributed by atoms with E-state index in [0.717, 1.165) is 11.0 Å². The van der Waals surface area contributed by atoms with Gasteiger partial charge in [0.15, 0.2) is 0 Å². The maximum atomic E-state index is 4.99. The van der Waals surface area contributed by atoms with Crippen LogP contribution in [0.5, 0.6) is 0 Å². The van der Waals surface area contributed by atoms with Crippen molar-refractivity contribution in [3.05, 3.63) is 21.9 Å². The van der Waals surface area contributed by atoms with Crippen molar-refractivity contribution in [1.29, 1.82) is 0 Å². The summed E-state index contributed by atoms with van der Waals surface area (Å²) in [6.45, 7) is 4.61. The number of aryl methyl sites for hydroxylation is 2. The van der Waals surface area contributed by atoms with E-state index in [1.165, 1.54) is 198 Å². The summed E-state index contributed by atoms with van der Waals surface area (Å²) in [4.78, 5) is 0. The standard InChI is InChI=1S/C40H48N2S7/c1-3-5-7-9-11-13-15-17-19-21-25-23-43-37-31(25)45-35-27-29-30(42-49-41-29)28-34(33(27)47-39(35)37)48-40-36(28)46-32-26(24-44-38(32)40)22-20-18-16-14-12-10-8-6-4-2/h23-24H,3-22H2,1-2H3. The Morgan fingerprint density at radius 1 is 0.388 bits per heavy atom. The zero-order chi connectivity index (χ0) is 33.2. The molecule has 0 aliphatic heterocycles. The van der Waals surface area contributed by atoms with Crippen LogP contribution in [-0.2, 0) is 12.8 Å². The average Bonchev–Trinajstić information content (AvgIpc) is 3.95. The number of unbranched alkanes of at least 4 members (excludes halogenated alkanes) is 16. The first-order valence-electron chi connectivity index (χ1n) is 19.0. The summed E-state index contributed by atoms with van der Waals surface area (Å²) in [6.07, 6.45) is 27.4. The molecule has 0 atom stereocenters. The number of fused-ring (bicyclic) bond motifs is 14. The highest BCUT2D eigenvalue weighted by Crippen LogP contribution is 2.56. The predicted molar refractivity (Wildman–Crippen MR) is 232 cm³/mol. The highest BCUT2D eigenvalue weighted by Gasteiger charge is 2.26. The Hall–Kier alpha value is -1.20. The Morgan fingerprint density at radius 3 is 1.14 bits per heavy atom. The van der Waals surface area contributed by atoms with Gasteiger partial charge in [0.2, 0.25) is 0 Å². The highest BCUT2D eigenvalue weighted by molar-refractivity contribution is 7.45. The molecular formula is C40H48N2S7. The topological polar surface area (TPSA) is 25.8 Å². The second kappa shape index (κ2) is 16.2. The Bertz CT molecular complexity index is 2140. The number of hydrogen-bond acceptors (Lipinski definition) is 9. The fourth-order valence-electron chi connectivity index (χ4n) is 7.70. The molecule has 8 rings (SSSR count). The van der Waals surface area contributed by atoms with E-state index in [2.05, 4.69) is 24.6 Å². The third-order valence-corrected chi connectivity index (χ3v) is 19.0. The number of thiophene rings is 6. The number of aromatic nitrogens is 2. The maximum Gasteiger partial charge on any atom is 0.115 e. The van der Waals surface area contributed by atoms with Gasteiger partial charge in [0, 0.05) is 10.8 Å². The zero-order valence-electron chi connectivity index (χ0n) is 29.0. The van der Waals surface area contributed by atoms with Crippen LogP contribution in [0.3, 0.4) is 0 Å². The predicted octanol–water partition coefficient (Wildman–Crippen LogP) is 17.1. The number of rotatable bonds is 20. The molecule has 0 unspecified atom stereocenters. The molecule has 8 aromatic rings. The van der Waals surface area contributed by atoms with Gasteiger partial charge in [-0.05, 0) is 47.6 Å². The van der Waals surface area contributed by atoms with Crippen LogP contribution in [0.2, 0.25) is 0 Å². The van der Waals surface area contributed by atoms with Crippen molar-refractivity contribution < 1.29 is 0 Å². The van der Waals surface area contributed by atoms with Gasteiger partial charge in [-0.25, -0.2) is 0 Å². The van der Waals surface area contributed by atoms with Gasteiger partial charge >= 0.3 is 0 Å². The van der Waals surface area contributed by atoms with Crippen molar-refractivity contribution in [2.24, 2.45) is 0 Å². The summed E-state index contributed by atoms with van der Waals surface area (Å²) in [6, 6.07) is 0. The van der Waals surface area contributed by atoms with Gasteiger partial charge in [0.1, 0.15) is 11.0 Å². The van der Waals surface area contributed by atoms with E-state index in [4.69, 9.17) is 8.75 Å². The summed E-state index contributed by atoms with van der Waals surface area (Å²) < 4.78 is 24.8. The summed E-state index contributed by atoms with van der Waals surface area (Å²) >= 11 is 13.5. The molecule has 9 heteroatoms. The maximum absolute atomic E-state index is 4.99. The van der Waals surface area contributed by atoms with E-state index in [-0.39, 0.29) is 0 Å². The molecule has 0 bridgehead atoms. The molecule has 0 aliphatic rings. The zero-order valence-corrected chi connectivity index (χ0v) is 34.8. The van der Waals surface area contributed by atoms with Crippen molar-refractivity contribution in [2.75, 3.05) is 0 Å². The van der Waals surface area contributed by atoms with E-state index in [1.54, 1.807) is 11.1 Å². The smallest absolute Gasteiger partial charge is 0.115 e. The fourth-order valence-corrected chi connectivity index (χ4v) is 17.1. The molecule has 2 nitrogen and oxygen atoms in total. The number of benzene rings is 1.